The third-order valence-electron chi connectivity index (χ3n) is 3.28. The summed E-state index contributed by atoms with van der Waals surface area (Å²) in [5.74, 6) is 0.0271. The average molecular weight is 365 g/mol. The van der Waals surface area contributed by atoms with Gasteiger partial charge >= 0.3 is 0 Å². The number of rotatable bonds is 7. The van der Waals surface area contributed by atoms with Crippen molar-refractivity contribution in [3.8, 4) is 11.5 Å². The van der Waals surface area contributed by atoms with Crippen LogP contribution in [0.1, 0.15) is 20.7 Å². The zero-order valence-electron chi connectivity index (χ0n) is 13.4. The van der Waals surface area contributed by atoms with Gasteiger partial charge in [0.15, 0.2) is 0 Å². The Balaban J connectivity index is 1.83. The van der Waals surface area contributed by atoms with Crippen molar-refractivity contribution in [3.63, 3.8) is 0 Å². The Morgan fingerprint density at radius 1 is 1.12 bits per heavy atom. The summed E-state index contributed by atoms with van der Waals surface area (Å²) in [6, 6.07) is 11.0. The normalized spacial score (nSPS) is 10.0. The number of ether oxygens (including phenoxy) is 2. The lowest BCUT2D eigenvalue weighted by molar-refractivity contribution is 0.0706. The molecule has 0 aliphatic rings. The smallest absolute Gasteiger partial charge is 0.274 e. The van der Waals surface area contributed by atoms with E-state index in [4.69, 9.17) is 26.3 Å². The lowest BCUT2D eigenvalue weighted by Gasteiger charge is -2.10. The van der Waals surface area contributed by atoms with Gasteiger partial charge in [0.25, 0.3) is 11.8 Å². The molecule has 0 saturated heterocycles. The van der Waals surface area contributed by atoms with Crippen LogP contribution in [0.3, 0.4) is 0 Å². The maximum Gasteiger partial charge on any atom is 0.274 e. The third kappa shape index (κ3) is 5.10. The highest BCUT2D eigenvalue weighted by Gasteiger charge is 2.12. The minimum absolute atomic E-state index is 0.243. The number of carbonyl (C=O) groups is 2. The van der Waals surface area contributed by atoms with Gasteiger partial charge in [0, 0.05) is 10.6 Å². The summed E-state index contributed by atoms with van der Waals surface area (Å²) < 4.78 is 10.6. The lowest BCUT2D eigenvalue weighted by Crippen LogP contribution is -2.28. The highest BCUT2D eigenvalue weighted by atomic mass is 35.5. The summed E-state index contributed by atoms with van der Waals surface area (Å²) in [6.45, 7) is 0.524. The Morgan fingerprint density at radius 2 is 1.84 bits per heavy atom. The molecule has 0 bridgehead atoms. The molecule has 0 radical (unpaired) electrons. The Morgan fingerprint density at radius 3 is 2.48 bits per heavy atom. The van der Waals surface area contributed by atoms with E-state index >= 15 is 0 Å². The number of amides is 2. The SMILES string of the molecule is COc1cc(Cl)ccc1C(=O)NCCOc1ccc(C(=O)NO)cc1. The second kappa shape index (κ2) is 8.91. The highest BCUT2D eigenvalue weighted by Crippen LogP contribution is 2.22. The molecule has 0 aliphatic heterocycles. The minimum Gasteiger partial charge on any atom is -0.496 e. The Hall–Kier alpha value is -2.77. The molecule has 0 saturated carbocycles. The number of methoxy groups -OCH3 is 1. The molecule has 2 aromatic carbocycles. The van der Waals surface area contributed by atoms with Crippen molar-refractivity contribution < 1.29 is 24.3 Å². The van der Waals surface area contributed by atoms with E-state index in [1.165, 1.54) is 19.2 Å². The summed E-state index contributed by atoms with van der Waals surface area (Å²) in [7, 11) is 1.46. The first kappa shape index (κ1) is 18.6. The predicted octanol–water partition coefficient (Wildman–Crippen LogP) is 2.28. The maximum atomic E-state index is 12.1. The van der Waals surface area contributed by atoms with Gasteiger partial charge in [-0.15, -0.1) is 0 Å². The van der Waals surface area contributed by atoms with Crippen molar-refractivity contribution in [2.45, 2.75) is 0 Å². The van der Waals surface area contributed by atoms with Crippen LogP contribution in [0.5, 0.6) is 11.5 Å². The number of hydrogen-bond acceptors (Lipinski definition) is 5. The van der Waals surface area contributed by atoms with Crippen LogP contribution in [0.2, 0.25) is 5.02 Å². The van der Waals surface area contributed by atoms with Gasteiger partial charge in [0.2, 0.25) is 0 Å². The summed E-state index contributed by atoms with van der Waals surface area (Å²) >= 11 is 5.86. The third-order valence-corrected chi connectivity index (χ3v) is 3.52. The van der Waals surface area contributed by atoms with Crippen molar-refractivity contribution in [1.82, 2.24) is 10.8 Å². The molecule has 0 spiro atoms. The van der Waals surface area contributed by atoms with Crippen molar-refractivity contribution in [3.05, 3.63) is 58.6 Å². The molecular formula is C17H17ClN2O5. The Kier molecular flexibility index (Phi) is 6.62. The summed E-state index contributed by atoms with van der Waals surface area (Å²) in [5.41, 5.74) is 2.23. The zero-order chi connectivity index (χ0) is 18.2. The number of halogens is 1. The van der Waals surface area contributed by atoms with E-state index in [2.05, 4.69) is 5.32 Å². The van der Waals surface area contributed by atoms with Crippen LogP contribution in [0.15, 0.2) is 42.5 Å². The molecule has 2 rings (SSSR count). The minimum atomic E-state index is -0.601. The van der Waals surface area contributed by atoms with E-state index in [9.17, 15) is 9.59 Å². The largest absolute Gasteiger partial charge is 0.496 e. The monoisotopic (exact) mass is 364 g/mol. The summed E-state index contributed by atoms with van der Waals surface area (Å²) in [6.07, 6.45) is 0. The molecular weight excluding hydrogens is 348 g/mol. The van der Waals surface area contributed by atoms with E-state index in [0.717, 1.165) is 0 Å². The lowest BCUT2D eigenvalue weighted by atomic mass is 10.2. The number of benzene rings is 2. The van der Waals surface area contributed by atoms with Crippen LogP contribution >= 0.6 is 11.6 Å². The van der Waals surface area contributed by atoms with Crippen LogP contribution in [0.4, 0.5) is 0 Å². The van der Waals surface area contributed by atoms with E-state index in [1.54, 1.807) is 35.8 Å². The molecule has 3 N–H and O–H groups in total. The molecule has 0 heterocycles. The fourth-order valence-corrected chi connectivity index (χ4v) is 2.21. The fraction of sp³-hybridized carbons (Fsp3) is 0.176. The molecule has 132 valence electrons. The van der Waals surface area contributed by atoms with Crippen molar-refractivity contribution in [2.75, 3.05) is 20.3 Å². The van der Waals surface area contributed by atoms with Gasteiger partial charge in [-0.05, 0) is 42.5 Å². The fourth-order valence-electron chi connectivity index (χ4n) is 2.05. The molecule has 2 aromatic rings. The summed E-state index contributed by atoms with van der Waals surface area (Å²) in [4.78, 5) is 23.3. The highest BCUT2D eigenvalue weighted by molar-refractivity contribution is 6.30. The van der Waals surface area contributed by atoms with Gasteiger partial charge < -0.3 is 14.8 Å². The number of carbonyl (C=O) groups excluding carboxylic acids is 2. The first-order valence-electron chi connectivity index (χ1n) is 7.34. The van der Waals surface area contributed by atoms with Crippen LogP contribution in [-0.4, -0.2) is 37.3 Å². The average Bonchev–Trinajstić information content (AvgIpc) is 2.64. The zero-order valence-corrected chi connectivity index (χ0v) is 14.2. The van der Waals surface area contributed by atoms with Gasteiger partial charge in [0.05, 0.1) is 19.2 Å². The standard InChI is InChI=1S/C17H17ClN2O5/c1-24-15-10-12(18)4-7-14(15)17(22)19-8-9-25-13-5-2-11(3-6-13)16(21)20-23/h2-7,10,23H,8-9H2,1H3,(H,19,22)(H,20,21). The quantitative estimate of drug-likeness (QED) is 0.398. The number of hydrogen-bond donors (Lipinski definition) is 3. The number of nitrogens with one attached hydrogen (secondary N) is 2. The van der Waals surface area contributed by atoms with Gasteiger partial charge in [0.1, 0.15) is 18.1 Å². The topological polar surface area (TPSA) is 96.9 Å². The van der Waals surface area contributed by atoms with Gasteiger partial charge in [-0.3, -0.25) is 14.8 Å². The molecule has 0 unspecified atom stereocenters. The van der Waals surface area contributed by atoms with E-state index < -0.39 is 5.91 Å². The predicted molar refractivity (Wildman–Crippen MR) is 91.5 cm³/mol. The van der Waals surface area contributed by atoms with E-state index in [0.29, 0.717) is 27.6 Å². The second-order valence-corrected chi connectivity index (χ2v) is 5.35. The van der Waals surface area contributed by atoms with Gasteiger partial charge in [-0.1, -0.05) is 11.6 Å². The molecule has 7 nitrogen and oxygen atoms in total. The second-order valence-electron chi connectivity index (χ2n) is 4.91. The van der Waals surface area contributed by atoms with Crippen molar-refractivity contribution >= 4 is 23.4 Å². The number of hydroxylamine groups is 1. The molecule has 0 fully saturated rings. The molecule has 0 aromatic heterocycles. The Bertz CT molecular complexity index is 749. The van der Waals surface area contributed by atoms with Gasteiger partial charge in [-0.2, -0.15) is 0 Å². The maximum absolute atomic E-state index is 12.1. The van der Waals surface area contributed by atoms with Crippen LogP contribution < -0.4 is 20.3 Å². The first-order valence-corrected chi connectivity index (χ1v) is 7.72. The summed E-state index contributed by atoms with van der Waals surface area (Å²) in [5, 5.41) is 11.7. The first-order chi connectivity index (χ1) is 12.0. The van der Waals surface area contributed by atoms with Crippen LogP contribution in [-0.2, 0) is 0 Å². The molecule has 8 heteroatoms. The molecule has 0 aliphatic carbocycles. The van der Waals surface area contributed by atoms with Crippen molar-refractivity contribution in [2.24, 2.45) is 0 Å². The van der Waals surface area contributed by atoms with Crippen LogP contribution in [0.25, 0.3) is 0 Å². The van der Waals surface area contributed by atoms with Gasteiger partial charge in [-0.25, -0.2) is 5.48 Å². The molecule has 25 heavy (non-hydrogen) atoms. The molecule has 0 atom stereocenters. The van der Waals surface area contributed by atoms with E-state index in [-0.39, 0.29) is 19.1 Å². The van der Waals surface area contributed by atoms with E-state index in [1.807, 2.05) is 0 Å². The van der Waals surface area contributed by atoms with Crippen molar-refractivity contribution in [1.29, 1.82) is 0 Å². The Labute approximate surface area is 149 Å². The molecule has 2 amide bonds. The van der Waals surface area contributed by atoms with Crippen LogP contribution in [0, 0.1) is 0 Å².